The quantitative estimate of drug-likeness (QED) is 0.404. The van der Waals surface area contributed by atoms with Gasteiger partial charge in [-0.05, 0) is 62.9 Å². The lowest BCUT2D eigenvalue weighted by molar-refractivity contribution is -0.185. The molecule has 4 aliphatic carbocycles. The average molecular weight is 370 g/mol. The van der Waals surface area contributed by atoms with Gasteiger partial charge in [0, 0.05) is 18.3 Å². The number of rotatable bonds is 0. The highest BCUT2D eigenvalue weighted by Gasteiger charge is 2.79. The van der Waals surface area contributed by atoms with E-state index in [4.69, 9.17) is 14.2 Å². The summed E-state index contributed by atoms with van der Waals surface area (Å²) in [5.74, 6) is 6.83. The van der Waals surface area contributed by atoms with E-state index in [9.17, 15) is 5.11 Å². The first-order valence-corrected chi connectivity index (χ1v) is 10.8. The van der Waals surface area contributed by atoms with Crippen molar-refractivity contribution in [3.63, 3.8) is 0 Å². The highest BCUT2D eigenvalue weighted by atomic mass is 16.7. The Balaban J connectivity index is 1.35. The number of aliphatic hydroxyl groups is 1. The molecule has 4 heteroatoms. The van der Waals surface area contributed by atoms with Gasteiger partial charge in [0.05, 0.1) is 13.2 Å². The van der Waals surface area contributed by atoms with Crippen molar-refractivity contribution < 1.29 is 19.3 Å². The standard InChI is InChI=1S/C23H30O4/c1-3-7-20(24)9-6-17-16-4-10-21-15-22(25-13-14-26-22)11-12-23(21,27-21)18(16)5-8-19(17,20)2/h5,16-17,24H,4,6,8-15H2,1-2H3/t16-,17-,19-,20-,21?,23?/m0/s1. The topological polar surface area (TPSA) is 51.2 Å². The maximum Gasteiger partial charge on any atom is 0.171 e. The predicted molar refractivity (Wildman–Crippen MR) is 99.7 cm³/mol. The molecule has 1 N–H and O–H groups in total. The molecule has 0 amide bonds. The minimum atomic E-state index is -0.840. The number of hydrogen-bond donors (Lipinski definition) is 1. The summed E-state index contributed by atoms with van der Waals surface area (Å²) in [6.07, 6.45) is 10.3. The van der Waals surface area contributed by atoms with Gasteiger partial charge in [0.15, 0.2) is 5.79 Å². The van der Waals surface area contributed by atoms with E-state index in [-0.39, 0.29) is 22.4 Å². The van der Waals surface area contributed by atoms with E-state index in [1.165, 1.54) is 5.57 Å². The molecule has 4 nitrogen and oxygen atoms in total. The van der Waals surface area contributed by atoms with E-state index in [0.717, 1.165) is 51.4 Å². The van der Waals surface area contributed by atoms with Gasteiger partial charge >= 0.3 is 0 Å². The Kier molecular flexibility index (Phi) is 3.15. The molecular weight excluding hydrogens is 340 g/mol. The van der Waals surface area contributed by atoms with Crippen LogP contribution in [0.5, 0.6) is 0 Å². The summed E-state index contributed by atoms with van der Waals surface area (Å²) in [7, 11) is 0. The van der Waals surface area contributed by atoms with E-state index >= 15 is 0 Å². The first-order valence-electron chi connectivity index (χ1n) is 10.8. The Morgan fingerprint density at radius 1 is 1.11 bits per heavy atom. The minimum absolute atomic E-state index is 0.0657. The Morgan fingerprint density at radius 2 is 1.93 bits per heavy atom. The highest BCUT2D eigenvalue weighted by molar-refractivity contribution is 5.44. The predicted octanol–water partition coefficient (Wildman–Crippen LogP) is 3.33. The van der Waals surface area contributed by atoms with Crippen LogP contribution in [0.25, 0.3) is 0 Å². The van der Waals surface area contributed by atoms with Crippen molar-refractivity contribution in [2.24, 2.45) is 17.3 Å². The molecule has 1 spiro atoms. The first-order chi connectivity index (χ1) is 12.9. The molecule has 0 aromatic carbocycles. The van der Waals surface area contributed by atoms with E-state index in [0.29, 0.717) is 25.0 Å². The number of fused-ring (bicyclic) bond motifs is 3. The van der Waals surface area contributed by atoms with E-state index in [1.54, 1.807) is 0 Å². The second-order valence-corrected chi connectivity index (χ2v) is 10.0. The summed E-state index contributed by atoms with van der Waals surface area (Å²) in [5.41, 5.74) is 0.424. The van der Waals surface area contributed by atoms with Gasteiger partial charge < -0.3 is 19.3 Å². The van der Waals surface area contributed by atoms with Gasteiger partial charge in [0.1, 0.15) is 16.8 Å². The van der Waals surface area contributed by atoms with Gasteiger partial charge in [-0.25, -0.2) is 0 Å². The minimum Gasteiger partial charge on any atom is -0.377 e. The molecule has 5 fully saturated rings. The average Bonchev–Trinajstić information content (AvgIpc) is 2.99. The molecule has 146 valence electrons. The lowest BCUT2D eigenvalue weighted by atomic mass is 9.53. The molecule has 6 rings (SSSR count). The molecule has 2 aliphatic heterocycles. The van der Waals surface area contributed by atoms with Crippen molar-refractivity contribution in [1.82, 2.24) is 0 Å². The normalized spacial score (nSPS) is 54.1. The third-order valence-corrected chi connectivity index (χ3v) is 9.16. The van der Waals surface area contributed by atoms with Gasteiger partial charge in [-0.15, -0.1) is 5.92 Å². The van der Waals surface area contributed by atoms with Crippen LogP contribution in [0.15, 0.2) is 11.6 Å². The maximum absolute atomic E-state index is 11.3. The molecule has 0 aromatic rings. The fraction of sp³-hybridized carbons (Fsp3) is 0.826. The third-order valence-electron chi connectivity index (χ3n) is 9.16. The molecular formula is C23H30O4. The van der Waals surface area contributed by atoms with Crippen LogP contribution in [0.2, 0.25) is 0 Å². The summed E-state index contributed by atoms with van der Waals surface area (Å²) in [4.78, 5) is 0. The van der Waals surface area contributed by atoms with Crippen molar-refractivity contribution in [2.45, 2.75) is 87.8 Å². The first kappa shape index (κ1) is 17.0. The number of allylic oxidation sites excluding steroid dienone is 1. The third kappa shape index (κ3) is 1.86. The zero-order valence-electron chi connectivity index (χ0n) is 16.5. The molecule has 27 heavy (non-hydrogen) atoms. The van der Waals surface area contributed by atoms with Crippen LogP contribution in [-0.2, 0) is 14.2 Å². The van der Waals surface area contributed by atoms with E-state index in [1.807, 2.05) is 6.92 Å². The monoisotopic (exact) mass is 370 g/mol. The summed E-state index contributed by atoms with van der Waals surface area (Å²) in [6, 6.07) is 0. The molecule has 3 saturated carbocycles. The molecule has 2 heterocycles. The smallest absolute Gasteiger partial charge is 0.171 e. The van der Waals surface area contributed by atoms with Gasteiger partial charge in [0.25, 0.3) is 0 Å². The zero-order valence-corrected chi connectivity index (χ0v) is 16.5. The maximum atomic E-state index is 11.3. The lowest BCUT2D eigenvalue weighted by Gasteiger charge is -2.51. The van der Waals surface area contributed by atoms with Crippen molar-refractivity contribution >= 4 is 0 Å². The zero-order chi connectivity index (χ0) is 18.5. The summed E-state index contributed by atoms with van der Waals surface area (Å²) in [6.45, 7) is 5.54. The molecule has 2 saturated heterocycles. The van der Waals surface area contributed by atoms with Gasteiger partial charge in [0.2, 0.25) is 0 Å². The van der Waals surface area contributed by atoms with Crippen LogP contribution in [0.1, 0.15) is 65.2 Å². The van der Waals surface area contributed by atoms with Crippen molar-refractivity contribution in [1.29, 1.82) is 0 Å². The second kappa shape index (κ2) is 5.00. The molecule has 2 unspecified atom stereocenters. The van der Waals surface area contributed by atoms with Gasteiger partial charge in [-0.2, -0.15) is 0 Å². The fourth-order valence-electron chi connectivity index (χ4n) is 7.76. The van der Waals surface area contributed by atoms with Crippen molar-refractivity contribution in [3.8, 4) is 11.8 Å². The molecule has 6 atom stereocenters. The van der Waals surface area contributed by atoms with Gasteiger partial charge in [-0.1, -0.05) is 18.9 Å². The molecule has 0 radical (unpaired) electrons. The van der Waals surface area contributed by atoms with Crippen LogP contribution < -0.4 is 0 Å². The molecule has 0 aromatic heterocycles. The fourth-order valence-corrected chi connectivity index (χ4v) is 7.76. The van der Waals surface area contributed by atoms with Crippen LogP contribution in [0.3, 0.4) is 0 Å². The van der Waals surface area contributed by atoms with E-state index in [2.05, 4.69) is 24.8 Å². The van der Waals surface area contributed by atoms with Crippen molar-refractivity contribution in [2.75, 3.05) is 13.2 Å². The van der Waals surface area contributed by atoms with Crippen LogP contribution in [0.4, 0.5) is 0 Å². The highest BCUT2D eigenvalue weighted by Crippen LogP contribution is 2.74. The summed E-state index contributed by atoms with van der Waals surface area (Å²) in [5, 5.41) is 11.3. The van der Waals surface area contributed by atoms with Crippen LogP contribution in [0, 0.1) is 29.1 Å². The number of ether oxygens (including phenoxy) is 3. The van der Waals surface area contributed by atoms with Crippen LogP contribution >= 0.6 is 0 Å². The van der Waals surface area contributed by atoms with Gasteiger partial charge in [-0.3, -0.25) is 0 Å². The Bertz CT molecular complexity index is 786. The Labute approximate surface area is 161 Å². The largest absolute Gasteiger partial charge is 0.377 e. The summed E-state index contributed by atoms with van der Waals surface area (Å²) >= 11 is 0. The summed E-state index contributed by atoms with van der Waals surface area (Å²) < 4.78 is 18.7. The van der Waals surface area contributed by atoms with Crippen LogP contribution in [-0.4, -0.2) is 40.9 Å². The Hall–Kier alpha value is -0.860. The van der Waals surface area contributed by atoms with E-state index < -0.39 is 5.60 Å². The molecule has 6 aliphatic rings. The van der Waals surface area contributed by atoms with Crippen molar-refractivity contribution in [3.05, 3.63) is 11.6 Å². The number of epoxide rings is 1. The molecule has 0 bridgehead atoms. The number of hydrogen-bond acceptors (Lipinski definition) is 4. The Morgan fingerprint density at radius 3 is 2.70 bits per heavy atom. The SMILES string of the molecule is CC#C[C@]1(O)CC[C@H]2[C@@H]3CCC45CC6(CCC4(O5)C3=CC[C@@]21C)OCCO6. The second-order valence-electron chi connectivity index (χ2n) is 10.0. The lowest BCUT2D eigenvalue weighted by Crippen LogP contribution is -2.53.